The molecule has 1 rings (SSSR count). The Balaban J connectivity index is 2.49. The smallest absolute Gasteiger partial charge is 0.239 e. The maximum absolute atomic E-state index is 12.2. The van der Waals surface area contributed by atoms with E-state index < -0.39 is 0 Å². The summed E-state index contributed by atoms with van der Waals surface area (Å²) in [7, 11) is 0. The molecule has 1 saturated heterocycles. The molecular formula is C12H25N3O. The summed E-state index contributed by atoms with van der Waals surface area (Å²) in [5.74, 6) is 0.289. The molecule has 0 radical (unpaired) electrons. The molecule has 1 unspecified atom stereocenters. The third kappa shape index (κ3) is 3.46. The lowest BCUT2D eigenvalue weighted by molar-refractivity contribution is -0.137. The maximum Gasteiger partial charge on any atom is 0.239 e. The number of carbonyl (C=O) groups excluding carboxylic acids is 1. The van der Waals surface area contributed by atoms with E-state index in [2.05, 4.69) is 24.1 Å². The van der Waals surface area contributed by atoms with Gasteiger partial charge < -0.3 is 10.2 Å². The fraction of sp³-hybridized carbons (Fsp3) is 0.917. The van der Waals surface area contributed by atoms with E-state index in [4.69, 9.17) is 0 Å². The SMILES string of the molecule is CCCN(CC)C(C)C(=O)N1CCNCC1. The zero-order valence-corrected chi connectivity index (χ0v) is 10.8. The number of carbonyl (C=O) groups is 1. The van der Waals surface area contributed by atoms with Crippen molar-refractivity contribution in [3.8, 4) is 0 Å². The molecule has 1 N–H and O–H groups in total. The Morgan fingerprint density at radius 3 is 2.50 bits per heavy atom. The average Bonchev–Trinajstić information content (AvgIpc) is 2.35. The second kappa shape index (κ2) is 6.86. The molecule has 0 aromatic carbocycles. The van der Waals surface area contributed by atoms with Crippen molar-refractivity contribution >= 4 is 5.91 Å². The van der Waals surface area contributed by atoms with Crippen LogP contribution in [0.5, 0.6) is 0 Å². The summed E-state index contributed by atoms with van der Waals surface area (Å²) in [6.45, 7) is 11.8. The standard InChI is InChI=1S/C12H25N3O/c1-4-8-14(5-2)11(3)12(16)15-9-6-13-7-10-15/h11,13H,4-10H2,1-3H3. The summed E-state index contributed by atoms with van der Waals surface area (Å²) in [5.41, 5.74) is 0. The fourth-order valence-corrected chi connectivity index (χ4v) is 2.22. The molecule has 1 fully saturated rings. The highest BCUT2D eigenvalue weighted by Crippen LogP contribution is 2.06. The number of amides is 1. The Bertz CT molecular complexity index is 214. The van der Waals surface area contributed by atoms with Crippen molar-refractivity contribution < 1.29 is 4.79 Å². The average molecular weight is 227 g/mol. The maximum atomic E-state index is 12.2. The molecule has 16 heavy (non-hydrogen) atoms. The van der Waals surface area contributed by atoms with Crippen LogP contribution in [0.15, 0.2) is 0 Å². The van der Waals surface area contributed by atoms with E-state index >= 15 is 0 Å². The quantitative estimate of drug-likeness (QED) is 0.744. The first-order valence-electron chi connectivity index (χ1n) is 6.44. The first-order chi connectivity index (χ1) is 7.70. The Hall–Kier alpha value is -0.610. The first-order valence-corrected chi connectivity index (χ1v) is 6.44. The molecule has 0 saturated carbocycles. The molecule has 1 atom stereocenters. The topological polar surface area (TPSA) is 35.6 Å². The van der Waals surface area contributed by atoms with Gasteiger partial charge in [0, 0.05) is 26.2 Å². The minimum atomic E-state index is 0.0306. The van der Waals surface area contributed by atoms with Gasteiger partial charge in [0.25, 0.3) is 0 Å². The van der Waals surface area contributed by atoms with Crippen LogP contribution in [0.2, 0.25) is 0 Å². The van der Waals surface area contributed by atoms with Crippen molar-refractivity contribution in [3.05, 3.63) is 0 Å². The largest absolute Gasteiger partial charge is 0.339 e. The Morgan fingerprint density at radius 1 is 1.38 bits per heavy atom. The second-order valence-corrected chi connectivity index (χ2v) is 4.38. The lowest BCUT2D eigenvalue weighted by Gasteiger charge is -2.34. The van der Waals surface area contributed by atoms with Crippen molar-refractivity contribution in [3.63, 3.8) is 0 Å². The van der Waals surface area contributed by atoms with Crippen LogP contribution < -0.4 is 5.32 Å². The Labute approximate surface area is 99.0 Å². The van der Waals surface area contributed by atoms with Crippen LogP contribution in [-0.2, 0) is 4.79 Å². The second-order valence-electron chi connectivity index (χ2n) is 4.38. The van der Waals surface area contributed by atoms with Crippen LogP contribution in [0.25, 0.3) is 0 Å². The highest BCUT2D eigenvalue weighted by atomic mass is 16.2. The van der Waals surface area contributed by atoms with E-state index in [9.17, 15) is 4.79 Å². The van der Waals surface area contributed by atoms with Gasteiger partial charge in [-0.2, -0.15) is 0 Å². The zero-order valence-electron chi connectivity index (χ0n) is 10.8. The summed E-state index contributed by atoms with van der Waals surface area (Å²) in [6.07, 6.45) is 1.10. The number of rotatable bonds is 5. The molecular weight excluding hydrogens is 202 g/mol. The molecule has 0 aromatic heterocycles. The molecule has 1 aliphatic heterocycles. The monoisotopic (exact) mass is 227 g/mol. The summed E-state index contributed by atoms with van der Waals surface area (Å²) in [4.78, 5) is 16.5. The van der Waals surface area contributed by atoms with Crippen molar-refractivity contribution in [2.75, 3.05) is 39.3 Å². The number of nitrogens with one attached hydrogen (secondary N) is 1. The number of hydrogen-bond donors (Lipinski definition) is 1. The predicted octanol–water partition coefficient (Wildman–Crippen LogP) is 0.539. The normalized spacial score (nSPS) is 18.9. The van der Waals surface area contributed by atoms with Crippen LogP contribution in [0, 0.1) is 0 Å². The van der Waals surface area contributed by atoms with Gasteiger partial charge in [0.05, 0.1) is 6.04 Å². The van der Waals surface area contributed by atoms with Crippen molar-refractivity contribution in [1.29, 1.82) is 0 Å². The van der Waals surface area contributed by atoms with Gasteiger partial charge in [-0.15, -0.1) is 0 Å². The number of hydrogen-bond acceptors (Lipinski definition) is 3. The summed E-state index contributed by atoms with van der Waals surface area (Å²) in [5, 5.41) is 3.27. The highest BCUT2D eigenvalue weighted by Gasteiger charge is 2.25. The number of likely N-dealkylation sites (N-methyl/N-ethyl adjacent to an activating group) is 1. The van der Waals surface area contributed by atoms with Gasteiger partial charge in [0.2, 0.25) is 5.91 Å². The molecule has 0 spiro atoms. The van der Waals surface area contributed by atoms with Gasteiger partial charge in [0.1, 0.15) is 0 Å². The van der Waals surface area contributed by atoms with Crippen LogP contribution in [0.3, 0.4) is 0 Å². The van der Waals surface area contributed by atoms with Crippen LogP contribution in [0.1, 0.15) is 27.2 Å². The molecule has 1 aliphatic rings. The minimum absolute atomic E-state index is 0.0306. The van der Waals surface area contributed by atoms with Crippen LogP contribution >= 0.6 is 0 Å². The van der Waals surface area contributed by atoms with E-state index in [-0.39, 0.29) is 11.9 Å². The molecule has 0 aromatic rings. The third-order valence-electron chi connectivity index (χ3n) is 3.25. The summed E-state index contributed by atoms with van der Waals surface area (Å²) < 4.78 is 0. The molecule has 0 aliphatic carbocycles. The molecule has 1 heterocycles. The lowest BCUT2D eigenvalue weighted by Crippen LogP contribution is -2.53. The highest BCUT2D eigenvalue weighted by molar-refractivity contribution is 5.81. The molecule has 94 valence electrons. The first kappa shape index (κ1) is 13.5. The molecule has 4 heteroatoms. The minimum Gasteiger partial charge on any atom is -0.339 e. The van der Waals surface area contributed by atoms with Crippen LogP contribution in [0.4, 0.5) is 0 Å². The van der Waals surface area contributed by atoms with E-state index in [0.29, 0.717) is 0 Å². The van der Waals surface area contributed by atoms with Gasteiger partial charge in [-0.1, -0.05) is 13.8 Å². The van der Waals surface area contributed by atoms with Crippen LogP contribution in [-0.4, -0.2) is 61.0 Å². The molecule has 4 nitrogen and oxygen atoms in total. The predicted molar refractivity (Wildman–Crippen MR) is 66.4 cm³/mol. The molecule has 1 amide bonds. The van der Waals surface area contributed by atoms with E-state index in [1.165, 1.54) is 0 Å². The van der Waals surface area contributed by atoms with E-state index in [1.54, 1.807) is 0 Å². The number of nitrogens with zero attached hydrogens (tertiary/aromatic N) is 2. The lowest BCUT2D eigenvalue weighted by atomic mass is 10.2. The van der Waals surface area contributed by atoms with Crippen molar-refractivity contribution in [2.45, 2.75) is 33.2 Å². The van der Waals surface area contributed by atoms with Crippen molar-refractivity contribution in [1.82, 2.24) is 15.1 Å². The van der Waals surface area contributed by atoms with Gasteiger partial charge in [0.15, 0.2) is 0 Å². The fourth-order valence-electron chi connectivity index (χ4n) is 2.22. The van der Waals surface area contributed by atoms with E-state index in [0.717, 1.165) is 45.7 Å². The van der Waals surface area contributed by atoms with E-state index in [1.807, 2.05) is 11.8 Å². The van der Waals surface area contributed by atoms with Gasteiger partial charge in [-0.05, 0) is 26.4 Å². The summed E-state index contributed by atoms with van der Waals surface area (Å²) >= 11 is 0. The molecule has 0 bridgehead atoms. The van der Waals surface area contributed by atoms with Gasteiger partial charge in [-0.3, -0.25) is 9.69 Å². The summed E-state index contributed by atoms with van der Waals surface area (Å²) in [6, 6.07) is 0.0306. The van der Waals surface area contributed by atoms with Gasteiger partial charge in [-0.25, -0.2) is 0 Å². The Morgan fingerprint density at radius 2 is 2.00 bits per heavy atom. The van der Waals surface area contributed by atoms with Gasteiger partial charge >= 0.3 is 0 Å². The zero-order chi connectivity index (χ0) is 12.0. The Kier molecular flexibility index (Phi) is 5.77. The number of piperazine rings is 1. The van der Waals surface area contributed by atoms with Crippen molar-refractivity contribution in [2.24, 2.45) is 0 Å². The third-order valence-corrected chi connectivity index (χ3v) is 3.25.